The maximum absolute atomic E-state index is 13.0. The highest BCUT2D eigenvalue weighted by Gasteiger charge is 2.54. The number of hydrogen-bond acceptors (Lipinski definition) is 7. The first-order valence-electron chi connectivity index (χ1n) is 9.37. The lowest BCUT2D eigenvalue weighted by Crippen LogP contribution is -2.68. The number of imidazole rings is 1. The molecule has 2 aliphatic rings. The van der Waals surface area contributed by atoms with Crippen molar-refractivity contribution >= 4 is 40.6 Å². The van der Waals surface area contributed by atoms with Crippen molar-refractivity contribution in [3.63, 3.8) is 0 Å². The second-order valence-corrected chi connectivity index (χ2v) is 9.17. The van der Waals surface area contributed by atoms with E-state index in [0.717, 1.165) is 16.6 Å². The molecular weight excluding hydrogens is 392 g/mol. The Kier molecular flexibility index (Phi) is 4.72. The molecule has 4 rings (SSSR count). The van der Waals surface area contributed by atoms with E-state index in [0.29, 0.717) is 17.4 Å². The van der Waals surface area contributed by atoms with Crippen LogP contribution in [0.2, 0.25) is 0 Å². The molecule has 1 amide bonds. The molecule has 0 aliphatic carbocycles. The Bertz CT molecular complexity index is 1020. The normalized spacial score (nSPS) is 21.7. The standard InChI is InChI=1S/C20H24N4O4S/c1-11-10-29-17-14(16(25)23(17)15(11)18(26)28-20(2,3)4)22-19-21-12-8-6-7-9-13(12)24(19)27-5/h6-9,14,17H,10H2,1-5H3,(H,21,22)/t14?,17-/m0/s1. The molecule has 1 aromatic heterocycles. The molecule has 0 bridgehead atoms. The van der Waals surface area contributed by atoms with E-state index in [2.05, 4.69) is 10.3 Å². The van der Waals surface area contributed by atoms with Gasteiger partial charge in [-0.25, -0.2) is 9.78 Å². The zero-order valence-electron chi connectivity index (χ0n) is 17.1. The first-order chi connectivity index (χ1) is 13.7. The van der Waals surface area contributed by atoms with E-state index in [1.165, 1.54) is 4.90 Å². The van der Waals surface area contributed by atoms with Crippen LogP contribution in [0.4, 0.5) is 5.95 Å². The molecular formula is C20H24N4O4S. The minimum absolute atomic E-state index is 0.183. The van der Waals surface area contributed by atoms with Crippen molar-refractivity contribution in [2.45, 2.75) is 44.7 Å². The van der Waals surface area contributed by atoms with Crippen molar-refractivity contribution in [3.8, 4) is 0 Å². The number of benzene rings is 1. The number of β-lactam (4-membered cyclic amide) rings is 1. The number of rotatable bonds is 4. The van der Waals surface area contributed by atoms with Gasteiger partial charge in [-0.2, -0.15) is 0 Å². The quantitative estimate of drug-likeness (QED) is 0.605. The molecule has 2 aromatic rings. The fourth-order valence-electron chi connectivity index (χ4n) is 3.51. The van der Waals surface area contributed by atoms with E-state index < -0.39 is 17.6 Å². The number of fused-ring (bicyclic) bond motifs is 2. The van der Waals surface area contributed by atoms with Gasteiger partial charge in [0, 0.05) is 5.75 Å². The predicted molar refractivity (Wildman–Crippen MR) is 111 cm³/mol. The molecule has 8 nitrogen and oxygen atoms in total. The maximum atomic E-state index is 13.0. The summed E-state index contributed by atoms with van der Waals surface area (Å²) in [6, 6.07) is 7.07. The summed E-state index contributed by atoms with van der Waals surface area (Å²) in [6.45, 7) is 7.30. The number of anilines is 1. The molecule has 1 unspecified atom stereocenters. The van der Waals surface area contributed by atoms with Crippen LogP contribution in [0, 0.1) is 0 Å². The number of amides is 1. The summed E-state index contributed by atoms with van der Waals surface area (Å²) < 4.78 is 7.09. The third-order valence-electron chi connectivity index (χ3n) is 4.74. The first-order valence-corrected chi connectivity index (χ1v) is 10.4. The average molecular weight is 417 g/mol. The zero-order chi connectivity index (χ0) is 20.9. The number of aromatic nitrogens is 2. The molecule has 154 valence electrons. The molecule has 1 saturated heterocycles. The van der Waals surface area contributed by atoms with Gasteiger partial charge in [-0.05, 0) is 45.4 Å². The molecule has 1 N–H and O–H groups in total. The lowest BCUT2D eigenvalue weighted by molar-refractivity contribution is -0.157. The second-order valence-electron chi connectivity index (χ2n) is 8.06. The topological polar surface area (TPSA) is 85.7 Å². The summed E-state index contributed by atoms with van der Waals surface area (Å²) in [5.74, 6) is 0.466. The van der Waals surface area contributed by atoms with Gasteiger partial charge in [0.05, 0.1) is 5.52 Å². The van der Waals surface area contributed by atoms with E-state index in [-0.39, 0.29) is 11.3 Å². The summed E-state index contributed by atoms with van der Waals surface area (Å²) in [6.07, 6.45) is 0. The smallest absolute Gasteiger partial charge is 0.355 e. The van der Waals surface area contributed by atoms with Crippen molar-refractivity contribution in [1.29, 1.82) is 0 Å². The number of hydrogen-bond donors (Lipinski definition) is 1. The molecule has 0 spiro atoms. The second kappa shape index (κ2) is 6.98. The SMILES string of the molecule is COn1c(NC2C(=O)N3C(C(=O)OC(C)(C)C)=C(C)CS[C@@H]23)nc2ccccc21. The van der Waals surface area contributed by atoms with Crippen molar-refractivity contribution in [3.05, 3.63) is 35.5 Å². The summed E-state index contributed by atoms with van der Waals surface area (Å²) >= 11 is 1.61. The van der Waals surface area contributed by atoms with E-state index in [1.54, 1.807) is 23.6 Å². The Morgan fingerprint density at radius 2 is 2.03 bits per heavy atom. The molecule has 29 heavy (non-hydrogen) atoms. The third-order valence-corrected chi connectivity index (χ3v) is 6.16. The average Bonchev–Trinajstić information content (AvgIpc) is 3.01. The van der Waals surface area contributed by atoms with E-state index in [9.17, 15) is 9.59 Å². The number of ether oxygens (including phenoxy) is 1. The number of nitrogens with zero attached hydrogens (tertiary/aromatic N) is 3. The molecule has 1 fully saturated rings. The van der Waals surface area contributed by atoms with Crippen LogP contribution in [0.15, 0.2) is 35.5 Å². The van der Waals surface area contributed by atoms with E-state index in [1.807, 2.05) is 52.0 Å². The third kappa shape index (κ3) is 3.33. The van der Waals surface area contributed by atoms with Crippen LogP contribution in [0.1, 0.15) is 27.7 Å². The van der Waals surface area contributed by atoms with Crippen molar-refractivity contribution in [2.24, 2.45) is 0 Å². The Labute approximate surface area is 173 Å². The molecule has 1 aromatic carbocycles. The molecule has 9 heteroatoms. The Balaban J connectivity index is 1.58. The fraction of sp³-hybridized carbons (Fsp3) is 0.450. The van der Waals surface area contributed by atoms with Crippen LogP contribution >= 0.6 is 11.8 Å². The predicted octanol–water partition coefficient (Wildman–Crippen LogP) is 2.41. The van der Waals surface area contributed by atoms with E-state index in [4.69, 9.17) is 9.57 Å². The van der Waals surface area contributed by atoms with Crippen molar-refractivity contribution < 1.29 is 19.2 Å². The minimum Gasteiger partial charge on any atom is -0.455 e. The van der Waals surface area contributed by atoms with Gasteiger partial charge in [-0.1, -0.05) is 12.1 Å². The van der Waals surface area contributed by atoms with Gasteiger partial charge >= 0.3 is 5.97 Å². The van der Waals surface area contributed by atoms with Gasteiger partial charge in [0.2, 0.25) is 5.95 Å². The molecule has 3 heterocycles. The van der Waals surface area contributed by atoms with Gasteiger partial charge in [0.25, 0.3) is 5.91 Å². The van der Waals surface area contributed by atoms with Crippen molar-refractivity contribution in [1.82, 2.24) is 14.6 Å². The number of esters is 1. The minimum atomic E-state index is -0.626. The molecule has 0 radical (unpaired) electrons. The Hall–Kier alpha value is -2.68. The summed E-state index contributed by atoms with van der Waals surface area (Å²) in [4.78, 5) is 37.2. The number of carbonyl (C=O) groups excluding carboxylic acids is 2. The number of carbonyl (C=O) groups is 2. The lowest BCUT2D eigenvalue weighted by atomic mass is 10.0. The summed E-state index contributed by atoms with van der Waals surface area (Å²) in [5.41, 5.74) is 2.15. The van der Waals surface area contributed by atoms with Gasteiger partial charge in [-0.3, -0.25) is 9.69 Å². The molecule has 2 atom stereocenters. The highest BCUT2D eigenvalue weighted by molar-refractivity contribution is 8.00. The largest absolute Gasteiger partial charge is 0.455 e. The van der Waals surface area contributed by atoms with Crippen molar-refractivity contribution in [2.75, 3.05) is 18.2 Å². The summed E-state index contributed by atoms with van der Waals surface area (Å²) in [7, 11) is 1.55. The van der Waals surface area contributed by atoms with Crippen LogP contribution in [-0.2, 0) is 14.3 Å². The number of nitrogens with one attached hydrogen (secondary N) is 1. The van der Waals surface area contributed by atoms with Gasteiger partial charge in [0.1, 0.15) is 35.3 Å². The van der Waals surface area contributed by atoms with Crippen LogP contribution in [0.5, 0.6) is 0 Å². The Morgan fingerprint density at radius 3 is 2.72 bits per heavy atom. The van der Waals surface area contributed by atoms with Crippen LogP contribution in [0.25, 0.3) is 11.0 Å². The summed E-state index contributed by atoms with van der Waals surface area (Å²) in [5, 5.41) is 2.99. The van der Waals surface area contributed by atoms with Crippen LogP contribution < -0.4 is 10.2 Å². The number of para-hydroxylation sites is 2. The highest BCUT2D eigenvalue weighted by atomic mass is 32.2. The zero-order valence-corrected chi connectivity index (χ0v) is 17.9. The lowest BCUT2D eigenvalue weighted by Gasteiger charge is -2.49. The highest BCUT2D eigenvalue weighted by Crippen LogP contribution is 2.42. The monoisotopic (exact) mass is 416 g/mol. The van der Waals surface area contributed by atoms with Crippen LogP contribution in [-0.4, -0.2) is 56.4 Å². The number of thioether (sulfide) groups is 1. The van der Waals surface area contributed by atoms with Gasteiger partial charge < -0.3 is 14.9 Å². The first kappa shape index (κ1) is 19.6. The van der Waals surface area contributed by atoms with Crippen LogP contribution in [0.3, 0.4) is 0 Å². The van der Waals surface area contributed by atoms with Gasteiger partial charge in [0.15, 0.2) is 0 Å². The van der Waals surface area contributed by atoms with E-state index >= 15 is 0 Å². The Morgan fingerprint density at radius 1 is 1.31 bits per heavy atom. The molecule has 0 saturated carbocycles. The molecule has 2 aliphatic heterocycles. The van der Waals surface area contributed by atoms with Gasteiger partial charge in [-0.15, -0.1) is 16.5 Å². The fourth-order valence-corrected chi connectivity index (χ4v) is 4.80. The maximum Gasteiger partial charge on any atom is 0.355 e.